The maximum Gasteiger partial charge on any atom is 0.337 e. The Morgan fingerprint density at radius 3 is 2.73 bits per heavy atom. The number of phenols is 1. The van der Waals surface area contributed by atoms with Crippen LogP contribution in [0.5, 0.6) is 5.75 Å². The summed E-state index contributed by atoms with van der Waals surface area (Å²) < 4.78 is 0. The molecule has 3 N–H and O–H groups in total. The fourth-order valence-electron chi connectivity index (χ4n) is 1.25. The molecular weight excluding hydrogens is 196 g/mol. The van der Waals surface area contributed by atoms with Crippen LogP contribution in [-0.2, 0) is 11.2 Å². The SMILES string of the molecule is C=CCc1ccc(O)c([C@@H](O)C(=O)O)c1. The summed E-state index contributed by atoms with van der Waals surface area (Å²) in [7, 11) is 0. The van der Waals surface area contributed by atoms with Gasteiger partial charge < -0.3 is 15.3 Å². The van der Waals surface area contributed by atoms with E-state index in [9.17, 15) is 15.0 Å². The van der Waals surface area contributed by atoms with Crippen molar-refractivity contribution in [1.82, 2.24) is 0 Å². The van der Waals surface area contributed by atoms with Crippen molar-refractivity contribution in [3.05, 3.63) is 42.0 Å². The Bertz CT molecular complexity index is 384. The van der Waals surface area contributed by atoms with Gasteiger partial charge in [-0.2, -0.15) is 0 Å². The number of hydrogen-bond donors (Lipinski definition) is 3. The molecule has 4 nitrogen and oxygen atoms in total. The fraction of sp³-hybridized carbons (Fsp3) is 0.182. The lowest BCUT2D eigenvalue weighted by Gasteiger charge is -2.09. The molecule has 0 saturated heterocycles. The second kappa shape index (κ2) is 4.61. The minimum Gasteiger partial charge on any atom is -0.508 e. The van der Waals surface area contributed by atoms with Crippen LogP contribution in [0, 0.1) is 0 Å². The average Bonchev–Trinajstić information content (AvgIpc) is 2.20. The van der Waals surface area contributed by atoms with Crippen molar-refractivity contribution in [2.45, 2.75) is 12.5 Å². The molecule has 0 aliphatic rings. The molecule has 1 rings (SSSR count). The molecule has 80 valence electrons. The number of benzene rings is 1. The standard InChI is InChI=1S/C11H12O4/c1-2-3-7-4-5-9(12)8(6-7)10(13)11(14)15/h2,4-6,10,12-13H,1,3H2,(H,14,15)/t10-/m1/s1. The molecule has 1 aromatic carbocycles. The largest absolute Gasteiger partial charge is 0.508 e. The van der Waals surface area contributed by atoms with Crippen molar-refractivity contribution in [2.24, 2.45) is 0 Å². The molecule has 0 radical (unpaired) electrons. The van der Waals surface area contributed by atoms with Crippen molar-refractivity contribution >= 4 is 5.97 Å². The van der Waals surface area contributed by atoms with E-state index in [2.05, 4.69) is 6.58 Å². The van der Waals surface area contributed by atoms with Crippen LogP contribution in [0.25, 0.3) is 0 Å². The number of aliphatic carboxylic acids is 1. The normalized spacial score (nSPS) is 12.1. The van der Waals surface area contributed by atoms with Gasteiger partial charge in [0, 0.05) is 5.56 Å². The molecule has 0 fully saturated rings. The number of carboxylic acids is 1. The molecule has 1 aromatic rings. The maximum absolute atomic E-state index is 10.5. The molecule has 0 heterocycles. The van der Waals surface area contributed by atoms with E-state index in [1.807, 2.05) is 0 Å². The predicted octanol–water partition coefficient (Wildman–Crippen LogP) is 1.24. The Morgan fingerprint density at radius 1 is 1.53 bits per heavy atom. The highest BCUT2D eigenvalue weighted by Gasteiger charge is 2.19. The molecule has 0 spiro atoms. The lowest BCUT2D eigenvalue weighted by molar-refractivity contribution is -0.147. The molecule has 0 unspecified atom stereocenters. The van der Waals surface area contributed by atoms with Gasteiger partial charge in [-0.15, -0.1) is 6.58 Å². The Balaban J connectivity index is 3.09. The van der Waals surface area contributed by atoms with Crippen molar-refractivity contribution in [1.29, 1.82) is 0 Å². The maximum atomic E-state index is 10.5. The molecule has 0 amide bonds. The Kier molecular flexibility index (Phi) is 3.46. The molecule has 0 saturated carbocycles. The molecule has 0 aromatic heterocycles. The van der Waals surface area contributed by atoms with Gasteiger partial charge in [0.25, 0.3) is 0 Å². The molecule has 0 aliphatic heterocycles. The number of hydrogen-bond acceptors (Lipinski definition) is 3. The van der Waals surface area contributed by atoms with Crippen LogP contribution in [-0.4, -0.2) is 21.3 Å². The van der Waals surface area contributed by atoms with Gasteiger partial charge in [-0.3, -0.25) is 0 Å². The quantitative estimate of drug-likeness (QED) is 0.650. The smallest absolute Gasteiger partial charge is 0.337 e. The molecule has 4 heteroatoms. The highest BCUT2D eigenvalue weighted by atomic mass is 16.4. The van der Waals surface area contributed by atoms with Crippen molar-refractivity contribution in [2.75, 3.05) is 0 Å². The summed E-state index contributed by atoms with van der Waals surface area (Å²) in [6.07, 6.45) is 0.512. The van der Waals surface area contributed by atoms with Gasteiger partial charge in [0.05, 0.1) is 0 Å². The summed E-state index contributed by atoms with van der Waals surface area (Å²) in [5.74, 6) is -1.61. The first-order chi connectivity index (χ1) is 7.06. The summed E-state index contributed by atoms with van der Waals surface area (Å²) in [5.41, 5.74) is 0.792. The average molecular weight is 208 g/mol. The number of carbonyl (C=O) groups is 1. The van der Waals surface area contributed by atoms with Crippen LogP contribution < -0.4 is 0 Å². The van der Waals surface area contributed by atoms with Gasteiger partial charge in [-0.05, 0) is 24.1 Å². The minimum atomic E-state index is -1.70. The Labute approximate surface area is 87.1 Å². The third-order valence-electron chi connectivity index (χ3n) is 2.00. The number of aliphatic hydroxyl groups is 1. The number of allylic oxidation sites excluding steroid dienone is 1. The van der Waals surface area contributed by atoms with E-state index in [0.29, 0.717) is 6.42 Å². The molecule has 1 atom stereocenters. The van der Waals surface area contributed by atoms with Gasteiger partial charge >= 0.3 is 5.97 Å². The zero-order valence-corrected chi connectivity index (χ0v) is 8.05. The van der Waals surface area contributed by atoms with Crippen LogP contribution in [0.3, 0.4) is 0 Å². The minimum absolute atomic E-state index is 0.00171. The lowest BCUT2D eigenvalue weighted by atomic mass is 10.0. The second-order valence-electron chi connectivity index (χ2n) is 3.13. The topological polar surface area (TPSA) is 77.8 Å². The van der Waals surface area contributed by atoms with Crippen LogP contribution in [0.4, 0.5) is 0 Å². The van der Waals surface area contributed by atoms with Crippen LogP contribution in [0.15, 0.2) is 30.9 Å². The van der Waals surface area contributed by atoms with Crippen LogP contribution in [0.2, 0.25) is 0 Å². The van der Waals surface area contributed by atoms with Crippen LogP contribution >= 0.6 is 0 Å². The van der Waals surface area contributed by atoms with E-state index in [1.165, 1.54) is 12.1 Å². The first-order valence-corrected chi connectivity index (χ1v) is 4.39. The fourth-order valence-corrected chi connectivity index (χ4v) is 1.25. The third-order valence-corrected chi connectivity index (χ3v) is 2.00. The van der Waals surface area contributed by atoms with Crippen molar-refractivity contribution < 1.29 is 20.1 Å². The highest BCUT2D eigenvalue weighted by molar-refractivity contribution is 5.75. The number of aromatic hydroxyl groups is 1. The summed E-state index contributed by atoms with van der Waals surface area (Å²) in [6.45, 7) is 3.55. The number of rotatable bonds is 4. The monoisotopic (exact) mass is 208 g/mol. The lowest BCUT2D eigenvalue weighted by Crippen LogP contribution is -2.10. The molecule has 0 aliphatic carbocycles. The number of aliphatic hydroxyl groups excluding tert-OH is 1. The Morgan fingerprint density at radius 2 is 2.20 bits per heavy atom. The first kappa shape index (κ1) is 11.3. The summed E-state index contributed by atoms with van der Waals surface area (Å²) in [6, 6.07) is 4.46. The summed E-state index contributed by atoms with van der Waals surface area (Å²) in [4.78, 5) is 10.5. The summed E-state index contributed by atoms with van der Waals surface area (Å²) in [5, 5.41) is 27.3. The van der Waals surface area contributed by atoms with Gasteiger partial charge in [0.15, 0.2) is 6.10 Å². The number of carboxylic acid groups (broad SMARTS) is 1. The van der Waals surface area contributed by atoms with Gasteiger partial charge in [-0.1, -0.05) is 12.1 Å². The number of phenolic OH excluding ortho intramolecular Hbond substituents is 1. The zero-order valence-electron chi connectivity index (χ0n) is 8.05. The summed E-state index contributed by atoms with van der Waals surface area (Å²) >= 11 is 0. The molecular formula is C11H12O4. The van der Waals surface area contributed by atoms with Gasteiger partial charge in [0.2, 0.25) is 0 Å². The van der Waals surface area contributed by atoms with E-state index in [1.54, 1.807) is 12.1 Å². The third kappa shape index (κ3) is 2.57. The van der Waals surface area contributed by atoms with E-state index in [4.69, 9.17) is 5.11 Å². The highest BCUT2D eigenvalue weighted by Crippen LogP contribution is 2.25. The zero-order chi connectivity index (χ0) is 11.4. The van der Waals surface area contributed by atoms with E-state index >= 15 is 0 Å². The van der Waals surface area contributed by atoms with E-state index in [0.717, 1.165) is 5.56 Å². The molecule has 15 heavy (non-hydrogen) atoms. The Hall–Kier alpha value is -1.81. The second-order valence-corrected chi connectivity index (χ2v) is 3.13. The van der Waals surface area contributed by atoms with Gasteiger partial charge in [-0.25, -0.2) is 4.79 Å². The van der Waals surface area contributed by atoms with E-state index < -0.39 is 12.1 Å². The predicted molar refractivity (Wildman–Crippen MR) is 54.6 cm³/mol. The van der Waals surface area contributed by atoms with Crippen molar-refractivity contribution in [3.63, 3.8) is 0 Å². The first-order valence-electron chi connectivity index (χ1n) is 4.39. The van der Waals surface area contributed by atoms with E-state index in [-0.39, 0.29) is 11.3 Å². The molecule has 0 bridgehead atoms. The van der Waals surface area contributed by atoms with Crippen LogP contribution in [0.1, 0.15) is 17.2 Å². The van der Waals surface area contributed by atoms with Gasteiger partial charge in [0.1, 0.15) is 5.75 Å². The van der Waals surface area contributed by atoms with Crippen molar-refractivity contribution in [3.8, 4) is 5.75 Å².